The number of rotatable bonds is 7. The zero-order chi connectivity index (χ0) is 21.6. The number of aromatic nitrogens is 2. The first-order valence-electron chi connectivity index (χ1n) is 9.27. The van der Waals surface area contributed by atoms with Gasteiger partial charge in [-0.2, -0.15) is 5.10 Å². The van der Waals surface area contributed by atoms with E-state index in [1.165, 1.54) is 11.3 Å². The van der Waals surface area contributed by atoms with E-state index < -0.39 is 0 Å². The lowest BCUT2D eigenvalue weighted by Crippen LogP contribution is -2.11. The van der Waals surface area contributed by atoms with Crippen LogP contribution in [0.4, 0.5) is 5.69 Å². The Morgan fingerprint density at radius 1 is 0.968 bits per heavy atom. The predicted molar refractivity (Wildman–Crippen MR) is 124 cm³/mol. The van der Waals surface area contributed by atoms with Crippen molar-refractivity contribution in [1.82, 2.24) is 9.66 Å². The summed E-state index contributed by atoms with van der Waals surface area (Å²) in [6, 6.07) is 11.5. The Labute approximate surface area is 187 Å². The second-order valence-electron chi connectivity index (χ2n) is 6.18. The molecule has 0 unspecified atom stereocenters. The third kappa shape index (κ3) is 4.37. The number of ether oxygens (including phenoxy) is 3. The second kappa shape index (κ2) is 9.59. The average Bonchev–Trinajstić information content (AvgIpc) is 3.47. The highest BCUT2D eigenvalue weighted by atomic mass is 32.1. The minimum atomic E-state index is 0.517. The Kier molecular flexibility index (Phi) is 6.44. The summed E-state index contributed by atoms with van der Waals surface area (Å²) in [5.41, 5.74) is 2.47. The maximum atomic E-state index is 5.58. The van der Waals surface area contributed by atoms with Gasteiger partial charge >= 0.3 is 0 Å². The van der Waals surface area contributed by atoms with Gasteiger partial charge in [0.05, 0.1) is 50.0 Å². The lowest BCUT2D eigenvalue weighted by atomic mass is 10.2. The van der Waals surface area contributed by atoms with Gasteiger partial charge in [-0.15, -0.1) is 22.7 Å². The van der Waals surface area contributed by atoms with Gasteiger partial charge in [-0.3, -0.25) is 4.98 Å². The fourth-order valence-electron chi connectivity index (χ4n) is 2.96. The van der Waals surface area contributed by atoms with Crippen molar-refractivity contribution < 1.29 is 14.2 Å². The van der Waals surface area contributed by atoms with Gasteiger partial charge < -0.3 is 14.2 Å². The van der Waals surface area contributed by atoms with E-state index >= 15 is 0 Å². The largest absolute Gasteiger partial charge is 0.493 e. The molecule has 0 amide bonds. The maximum Gasteiger partial charge on any atom is 0.211 e. The topological polar surface area (TPSA) is 70.2 Å². The van der Waals surface area contributed by atoms with Crippen molar-refractivity contribution in [3.8, 4) is 27.8 Å². The molecule has 0 N–H and O–H groups in total. The minimum Gasteiger partial charge on any atom is -0.493 e. The molecule has 3 heterocycles. The molecule has 3 aromatic heterocycles. The first kappa shape index (κ1) is 20.8. The summed E-state index contributed by atoms with van der Waals surface area (Å²) in [5.74, 6) is 1.65. The van der Waals surface area contributed by atoms with Gasteiger partial charge in [0.25, 0.3) is 0 Å². The molecule has 0 atom stereocenters. The fourth-order valence-corrected chi connectivity index (χ4v) is 4.61. The van der Waals surface area contributed by atoms with Gasteiger partial charge in [-0.1, -0.05) is 6.07 Å². The van der Waals surface area contributed by atoms with Crippen molar-refractivity contribution in [2.75, 3.05) is 21.3 Å². The zero-order valence-corrected chi connectivity index (χ0v) is 18.8. The van der Waals surface area contributed by atoms with Crippen LogP contribution in [0.1, 0.15) is 5.56 Å². The summed E-state index contributed by atoms with van der Waals surface area (Å²) in [6.45, 7) is 0. The quantitative estimate of drug-likeness (QED) is 0.377. The molecule has 4 rings (SSSR count). The molecule has 158 valence electrons. The molecular formula is C22H20N4O3S2. The lowest BCUT2D eigenvalue weighted by molar-refractivity contribution is 0.324. The first-order valence-corrected chi connectivity index (χ1v) is 11.0. The van der Waals surface area contributed by atoms with Crippen LogP contribution in [0.2, 0.25) is 0 Å². The van der Waals surface area contributed by atoms with Crippen LogP contribution < -0.4 is 19.0 Å². The summed E-state index contributed by atoms with van der Waals surface area (Å²) in [4.78, 5) is 10.7. The van der Waals surface area contributed by atoms with Gasteiger partial charge in [-0.05, 0) is 35.7 Å². The molecule has 0 saturated carbocycles. The highest BCUT2D eigenvalue weighted by molar-refractivity contribution is 7.14. The van der Waals surface area contributed by atoms with Gasteiger partial charge in [0.2, 0.25) is 10.6 Å². The highest BCUT2D eigenvalue weighted by Crippen LogP contribution is 2.39. The van der Waals surface area contributed by atoms with E-state index in [1.54, 1.807) is 51.3 Å². The summed E-state index contributed by atoms with van der Waals surface area (Å²) in [6.07, 6.45) is 5.17. The summed E-state index contributed by atoms with van der Waals surface area (Å²) in [7, 11) is 4.76. The number of thiazole rings is 1. The van der Waals surface area contributed by atoms with E-state index in [2.05, 4.69) is 11.1 Å². The number of pyridine rings is 1. The molecule has 0 radical (unpaired) electrons. The number of methoxy groups -OCH3 is 3. The highest BCUT2D eigenvalue weighted by Gasteiger charge is 2.15. The third-order valence-corrected chi connectivity index (χ3v) is 6.09. The number of thiophene rings is 1. The predicted octanol–water partition coefficient (Wildman–Crippen LogP) is 4.81. The van der Waals surface area contributed by atoms with E-state index in [-0.39, 0.29) is 0 Å². The van der Waals surface area contributed by atoms with Gasteiger partial charge in [0, 0.05) is 17.1 Å². The van der Waals surface area contributed by atoms with Crippen LogP contribution in [0.3, 0.4) is 0 Å². The Morgan fingerprint density at radius 3 is 2.52 bits per heavy atom. The molecule has 0 bridgehead atoms. The molecule has 0 aliphatic heterocycles. The van der Waals surface area contributed by atoms with E-state index in [9.17, 15) is 0 Å². The van der Waals surface area contributed by atoms with Gasteiger partial charge in [-0.25, -0.2) is 9.67 Å². The number of benzene rings is 1. The second-order valence-corrected chi connectivity index (χ2v) is 7.97. The van der Waals surface area contributed by atoms with Crippen molar-refractivity contribution in [1.29, 1.82) is 0 Å². The molecule has 0 fully saturated rings. The van der Waals surface area contributed by atoms with Crippen LogP contribution >= 0.6 is 22.7 Å². The average molecular weight is 453 g/mol. The van der Waals surface area contributed by atoms with Crippen molar-refractivity contribution >= 4 is 34.6 Å². The monoisotopic (exact) mass is 452 g/mol. The van der Waals surface area contributed by atoms with Crippen LogP contribution in [0.15, 0.2) is 69.6 Å². The summed E-state index contributed by atoms with van der Waals surface area (Å²) < 4.78 is 18.2. The Balaban J connectivity index is 1.84. The summed E-state index contributed by atoms with van der Waals surface area (Å²) in [5, 5.41) is 8.83. The van der Waals surface area contributed by atoms with Crippen LogP contribution in [0, 0.1) is 0 Å². The first-order chi connectivity index (χ1) is 15.2. The molecule has 0 spiro atoms. The maximum absolute atomic E-state index is 5.58. The van der Waals surface area contributed by atoms with Crippen molar-refractivity contribution in [2.45, 2.75) is 0 Å². The smallest absolute Gasteiger partial charge is 0.211 e. The van der Waals surface area contributed by atoms with E-state index in [1.807, 2.05) is 45.8 Å². The molecule has 31 heavy (non-hydrogen) atoms. The lowest BCUT2D eigenvalue weighted by Gasteiger charge is -2.13. The van der Waals surface area contributed by atoms with Crippen molar-refractivity contribution in [3.05, 3.63) is 69.9 Å². The molecule has 7 nitrogen and oxygen atoms in total. The normalized spacial score (nSPS) is 11.8. The molecular weight excluding hydrogens is 432 g/mol. The molecule has 0 saturated heterocycles. The SMILES string of the molecule is COc1ccc(C=Nn2c(-c3cccs3)csc2=Nc2cccnc2)c(OC)c1OC. The van der Waals surface area contributed by atoms with E-state index in [0.29, 0.717) is 17.2 Å². The van der Waals surface area contributed by atoms with Crippen molar-refractivity contribution in [3.63, 3.8) is 0 Å². The standard InChI is InChI=1S/C22H20N4O3S2/c1-27-18-9-8-15(20(28-2)21(18)29-3)12-24-26-17(19-7-5-11-30-19)14-31-22(26)25-16-6-4-10-23-13-16/h4-14H,1-3H3. The fraction of sp³-hybridized carbons (Fsp3) is 0.136. The van der Waals surface area contributed by atoms with Gasteiger partial charge in [0.15, 0.2) is 11.5 Å². The van der Waals surface area contributed by atoms with Crippen LogP contribution in [0.5, 0.6) is 17.2 Å². The molecule has 9 heteroatoms. The molecule has 0 aliphatic rings. The minimum absolute atomic E-state index is 0.517. The van der Waals surface area contributed by atoms with Crippen LogP contribution in [0.25, 0.3) is 10.6 Å². The van der Waals surface area contributed by atoms with E-state index in [4.69, 9.17) is 24.3 Å². The Morgan fingerprint density at radius 2 is 1.84 bits per heavy atom. The van der Waals surface area contributed by atoms with Crippen LogP contribution in [-0.2, 0) is 0 Å². The van der Waals surface area contributed by atoms with Crippen molar-refractivity contribution in [2.24, 2.45) is 10.1 Å². The van der Waals surface area contributed by atoms with E-state index in [0.717, 1.165) is 26.6 Å². The number of hydrogen-bond acceptors (Lipinski definition) is 8. The Bertz CT molecular complexity index is 1250. The number of nitrogens with zero attached hydrogens (tertiary/aromatic N) is 4. The Hall–Kier alpha value is -3.43. The summed E-state index contributed by atoms with van der Waals surface area (Å²) >= 11 is 3.16. The molecule has 0 aliphatic carbocycles. The number of hydrogen-bond donors (Lipinski definition) is 0. The molecule has 1 aromatic carbocycles. The van der Waals surface area contributed by atoms with Gasteiger partial charge in [0.1, 0.15) is 0 Å². The molecule has 4 aromatic rings. The van der Waals surface area contributed by atoms with Crippen LogP contribution in [-0.4, -0.2) is 37.2 Å². The zero-order valence-electron chi connectivity index (χ0n) is 17.2. The third-order valence-electron chi connectivity index (χ3n) is 4.38.